The summed E-state index contributed by atoms with van der Waals surface area (Å²) in [5, 5.41) is 9.25. The number of carboxylic acid groups (broad SMARTS) is 1. The Labute approximate surface area is 97.1 Å². The first-order valence-electron chi connectivity index (χ1n) is 5.62. The molecule has 1 aromatic heterocycles. The second kappa shape index (κ2) is 3.96. The third kappa shape index (κ3) is 1.86. The van der Waals surface area contributed by atoms with Crippen LogP contribution in [0.3, 0.4) is 0 Å². The van der Waals surface area contributed by atoms with E-state index in [2.05, 4.69) is 18.4 Å². The molecule has 1 heterocycles. The molecule has 3 heteroatoms. The Morgan fingerprint density at radius 2 is 1.88 bits per heavy atom. The minimum absolute atomic E-state index is 0.360. The lowest BCUT2D eigenvalue weighted by Gasteiger charge is -2.21. The zero-order chi connectivity index (χ0) is 12.7. The quantitative estimate of drug-likeness (QED) is 0.855. The fraction of sp³-hybridized carbons (Fsp3) is 0.615. The molecule has 3 nitrogen and oxygen atoms in total. The van der Waals surface area contributed by atoms with Gasteiger partial charge in [-0.3, -0.25) is 4.79 Å². The molecule has 1 aromatic rings. The molecule has 0 fully saturated rings. The van der Waals surface area contributed by atoms with Crippen LogP contribution in [-0.4, -0.2) is 15.6 Å². The summed E-state index contributed by atoms with van der Waals surface area (Å²) in [5.74, 6) is -0.781. The minimum Gasteiger partial charge on any atom is -0.481 e. The Balaban J connectivity index is 3.38. The van der Waals surface area contributed by atoms with Gasteiger partial charge in [-0.25, -0.2) is 0 Å². The van der Waals surface area contributed by atoms with Crippen molar-refractivity contribution < 1.29 is 9.90 Å². The standard InChI is InChI=1S/C13H21NO2/c1-8(2)14-9(3)7-11(10(14)4)13(5,6)12(15)16/h7-8H,1-6H3,(H,15,16). The monoisotopic (exact) mass is 223 g/mol. The number of carboxylic acids is 1. The molecule has 0 aliphatic heterocycles. The minimum atomic E-state index is -0.824. The van der Waals surface area contributed by atoms with E-state index in [1.165, 1.54) is 0 Å². The molecular weight excluding hydrogens is 202 g/mol. The number of aromatic nitrogens is 1. The molecule has 1 rings (SSSR count). The first-order chi connectivity index (χ1) is 7.19. The number of hydrogen-bond acceptors (Lipinski definition) is 1. The van der Waals surface area contributed by atoms with Crippen molar-refractivity contribution in [1.82, 2.24) is 4.57 Å². The van der Waals surface area contributed by atoms with Crippen molar-refractivity contribution in [2.45, 2.75) is 53.0 Å². The summed E-state index contributed by atoms with van der Waals surface area (Å²) in [4.78, 5) is 11.3. The van der Waals surface area contributed by atoms with Crippen molar-refractivity contribution in [2.24, 2.45) is 0 Å². The zero-order valence-corrected chi connectivity index (χ0v) is 11.0. The third-order valence-corrected chi connectivity index (χ3v) is 3.21. The Kier molecular flexibility index (Phi) is 3.17. The van der Waals surface area contributed by atoms with Crippen molar-refractivity contribution in [3.63, 3.8) is 0 Å². The van der Waals surface area contributed by atoms with Crippen molar-refractivity contribution >= 4 is 5.97 Å². The van der Waals surface area contributed by atoms with Crippen molar-refractivity contribution in [3.8, 4) is 0 Å². The summed E-state index contributed by atoms with van der Waals surface area (Å²) in [6, 6.07) is 2.35. The van der Waals surface area contributed by atoms with E-state index in [4.69, 9.17) is 0 Å². The largest absolute Gasteiger partial charge is 0.481 e. The summed E-state index contributed by atoms with van der Waals surface area (Å²) >= 11 is 0. The van der Waals surface area contributed by atoms with E-state index in [0.717, 1.165) is 17.0 Å². The Bertz CT molecular complexity index is 414. The second-order valence-corrected chi connectivity index (χ2v) is 5.18. The number of hydrogen-bond donors (Lipinski definition) is 1. The van der Waals surface area contributed by atoms with Gasteiger partial charge in [0.15, 0.2) is 0 Å². The van der Waals surface area contributed by atoms with Gasteiger partial charge in [0, 0.05) is 17.4 Å². The van der Waals surface area contributed by atoms with Crippen LogP contribution in [0.5, 0.6) is 0 Å². The SMILES string of the molecule is Cc1cc(C(C)(C)C(=O)O)c(C)n1C(C)C. The molecule has 0 radical (unpaired) electrons. The van der Waals surface area contributed by atoms with Gasteiger partial charge in [0.25, 0.3) is 0 Å². The average Bonchev–Trinajstić information content (AvgIpc) is 2.41. The normalized spacial score (nSPS) is 12.2. The fourth-order valence-electron chi connectivity index (χ4n) is 2.32. The molecule has 16 heavy (non-hydrogen) atoms. The predicted octanol–water partition coefficient (Wildman–Crippen LogP) is 3.05. The van der Waals surface area contributed by atoms with Gasteiger partial charge in [0.2, 0.25) is 0 Å². The Hall–Kier alpha value is -1.25. The number of carbonyl (C=O) groups is 1. The molecule has 0 aromatic carbocycles. The molecule has 0 aliphatic rings. The Morgan fingerprint density at radius 3 is 2.19 bits per heavy atom. The summed E-state index contributed by atoms with van der Waals surface area (Å²) < 4.78 is 2.18. The molecule has 0 aliphatic carbocycles. The number of rotatable bonds is 3. The van der Waals surface area contributed by atoms with Crippen molar-refractivity contribution in [1.29, 1.82) is 0 Å². The molecular formula is C13H21NO2. The Morgan fingerprint density at radius 1 is 1.38 bits per heavy atom. The van der Waals surface area contributed by atoms with E-state index in [1.54, 1.807) is 13.8 Å². The third-order valence-electron chi connectivity index (χ3n) is 3.21. The van der Waals surface area contributed by atoms with Crippen molar-refractivity contribution in [2.75, 3.05) is 0 Å². The van der Waals surface area contributed by atoms with Crippen LogP contribution in [0.1, 0.15) is 50.7 Å². The maximum Gasteiger partial charge on any atom is 0.313 e. The smallest absolute Gasteiger partial charge is 0.313 e. The van der Waals surface area contributed by atoms with Gasteiger partial charge in [-0.05, 0) is 53.2 Å². The molecule has 0 unspecified atom stereocenters. The van der Waals surface area contributed by atoms with E-state index in [0.29, 0.717) is 6.04 Å². The number of nitrogens with zero attached hydrogens (tertiary/aromatic N) is 1. The first-order valence-corrected chi connectivity index (χ1v) is 5.62. The maximum atomic E-state index is 11.3. The van der Waals surface area contributed by atoms with Gasteiger partial charge >= 0.3 is 5.97 Å². The zero-order valence-electron chi connectivity index (χ0n) is 11.0. The molecule has 0 bridgehead atoms. The number of aryl methyl sites for hydroxylation is 1. The van der Waals surface area contributed by atoms with Crippen LogP contribution in [0.25, 0.3) is 0 Å². The highest BCUT2D eigenvalue weighted by Crippen LogP contribution is 2.31. The van der Waals surface area contributed by atoms with E-state index in [-0.39, 0.29) is 0 Å². The molecule has 0 atom stereocenters. The van der Waals surface area contributed by atoms with Crippen LogP contribution >= 0.6 is 0 Å². The predicted molar refractivity (Wildman–Crippen MR) is 65.0 cm³/mol. The van der Waals surface area contributed by atoms with Crippen LogP contribution in [0.4, 0.5) is 0 Å². The van der Waals surface area contributed by atoms with Crippen LogP contribution in [0, 0.1) is 13.8 Å². The molecule has 0 spiro atoms. The first kappa shape index (κ1) is 12.8. The van der Waals surface area contributed by atoms with Gasteiger partial charge in [0.05, 0.1) is 5.41 Å². The van der Waals surface area contributed by atoms with Gasteiger partial charge in [0.1, 0.15) is 0 Å². The lowest BCUT2D eigenvalue weighted by molar-refractivity contribution is -0.142. The molecule has 90 valence electrons. The molecule has 0 saturated heterocycles. The molecule has 0 saturated carbocycles. The summed E-state index contributed by atoms with van der Waals surface area (Å²) in [6.07, 6.45) is 0. The lowest BCUT2D eigenvalue weighted by Crippen LogP contribution is -2.29. The van der Waals surface area contributed by atoms with Crippen LogP contribution < -0.4 is 0 Å². The summed E-state index contributed by atoms with van der Waals surface area (Å²) in [7, 11) is 0. The van der Waals surface area contributed by atoms with E-state index in [1.807, 2.05) is 19.9 Å². The maximum absolute atomic E-state index is 11.3. The van der Waals surface area contributed by atoms with Gasteiger partial charge in [-0.2, -0.15) is 0 Å². The second-order valence-electron chi connectivity index (χ2n) is 5.18. The van der Waals surface area contributed by atoms with Gasteiger partial charge < -0.3 is 9.67 Å². The van der Waals surface area contributed by atoms with Crippen LogP contribution in [0.2, 0.25) is 0 Å². The fourth-order valence-corrected chi connectivity index (χ4v) is 2.32. The van der Waals surface area contributed by atoms with E-state index < -0.39 is 11.4 Å². The van der Waals surface area contributed by atoms with Gasteiger partial charge in [-0.15, -0.1) is 0 Å². The highest BCUT2D eigenvalue weighted by atomic mass is 16.4. The van der Waals surface area contributed by atoms with E-state index in [9.17, 15) is 9.90 Å². The highest BCUT2D eigenvalue weighted by molar-refractivity contribution is 5.80. The average molecular weight is 223 g/mol. The lowest BCUT2D eigenvalue weighted by atomic mass is 9.85. The van der Waals surface area contributed by atoms with E-state index >= 15 is 0 Å². The molecule has 1 N–H and O–H groups in total. The summed E-state index contributed by atoms with van der Waals surface area (Å²) in [5.41, 5.74) is 2.26. The van der Waals surface area contributed by atoms with Crippen LogP contribution in [-0.2, 0) is 10.2 Å². The topological polar surface area (TPSA) is 42.2 Å². The van der Waals surface area contributed by atoms with Crippen molar-refractivity contribution in [3.05, 3.63) is 23.0 Å². The summed E-state index contributed by atoms with van der Waals surface area (Å²) in [6.45, 7) is 11.7. The van der Waals surface area contributed by atoms with Crippen LogP contribution in [0.15, 0.2) is 6.07 Å². The highest BCUT2D eigenvalue weighted by Gasteiger charge is 2.33. The molecule has 0 amide bonds. The van der Waals surface area contributed by atoms with Gasteiger partial charge in [-0.1, -0.05) is 0 Å². The number of aliphatic carboxylic acids is 1.